The van der Waals surface area contributed by atoms with Gasteiger partial charge >= 0.3 is 5.97 Å². The Bertz CT molecular complexity index is 903. The summed E-state index contributed by atoms with van der Waals surface area (Å²) in [6.45, 7) is 5.05. The number of nitrogens with one attached hydrogen (secondary N) is 1. The van der Waals surface area contributed by atoms with Crippen molar-refractivity contribution in [3.05, 3.63) is 58.7 Å². The molecule has 0 aromatic heterocycles. The van der Waals surface area contributed by atoms with Crippen molar-refractivity contribution in [2.75, 3.05) is 32.6 Å². The Balaban J connectivity index is 1.88. The van der Waals surface area contributed by atoms with Crippen LogP contribution in [0.15, 0.2) is 36.4 Å². The van der Waals surface area contributed by atoms with Gasteiger partial charge in [0.25, 0.3) is 5.91 Å². The lowest BCUT2D eigenvalue weighted by Gasteiger charge is -2.18. The normalized spacial score (nSPS) is 10.2. The minimum absolute atomic E-state index is 0.150. The molecule has 0 aliphatic rings. The topological polar surface area (TPSA) is 84.9 Å². The number of esters is 1. The molecule has 1 N–H and O–H groups in total. The first kappa shape index (κ1) is 21.9. The highest BCUT2D eigenvalue weighted by Gasteiger charge is 2.17. The van der Waals surface area contributed by atoms with Gasteiger partial charge in [-0.25, -0.2) is 4.79 Å². The molecule has 0 spiro atoms. The summed E-state index contributed by atoms with van der Waals surface area (Å²) in [5, 5.41) is 2.82. The molecule has 0 aliphatic carbocycles. The molecule has 0 radical (unpaired) electrons. The average Bonchev–Trinajstić information content (AvgIpc) is 2.69. The van der Waals surface area contributed by atoms with E-state index in [0.717, 1.165) is 22.4 Å². The number of hydrogen-bond acceptors (Lipinski definition) is 5. The van der Waals surface area contributed by atoms with Crippen LogP contribution in [0.3, 0.4) is 0 Å². The minimum Gasteiger partial charge on any atom is -0.496 e. The summed E-state index contributed by atoms with van der Waals surface area (Å²) in [5.74, 6) is -0.877. The molecule has 0 atom stereocenters. The van der Waals surface area contributed by atoms with Gasteiger partial charge in [0.2, 0.25) is 5.91 Å². The predicted octanol–water partition coefficient (Wildman–Crippen LogP) is 2.87. The van der Waals surface area contributed by atoms with E-state index in [4.69, 9.17) is 9.47 Å². The lowest BCUT2D eigenvalue weighted by Crippen LogP contribution is -2.37. The lowest BCUT2D eigenvalue weighted by atomic mass is 10.1. The second-order valence-corrected chi connectivity index (χ2v) is 6.83. The number of carbonyl (C=O) groups is 3. The number of methoxy groups -OCH3 is 1. The molecule has 7 heteroatoms. The van der Waals surface area contributed by atoms with Gasteiger partial charge in [0.1, 0.15) is 5.75 Å². The molecule has 0 heterocycles. The molecule has 0 saturated heterocycles. The van der Waals surface area contributed by atoms with Gasteiger partial charge in [-0.3, -0.25) is 9.59 Å². The van der Waals surface area contributed by atoms with Crippen molar-refractivity contribution in [1.29, 1.82) is 0 Å². The van der Waals surface area contributed by atoms with Crippen molar-refractivity contribution in [1.82, 2.24) is 4.90 Å². The van der Waals surface area contributed by atoms with E-state index < -0.39 is 18.5 Å². The fraction of sp³-hybridized carbons (Fsp3) is 0.318. The first-order chi connectivity index (χ1) is 13.7. The predicted molar refractivity (Wildman–Crippen MR) is 110 cm³/mol. The number of nitrogens with zero attached hydrogens (tertiary/aromatic N) is 1. The molecule has 2 rings (SSSR count). The van der Waals surface area contributed by atoms with E-state index in [0.29, 0.717) is 5.75 Å². The third-order valence-electron chi connectivity index (χ3n) is 4.52. The number of anilines is 1. The number of likely N-dealkylation sites (N-methyl/N-ethyl adjacent to an activating group) is 1. The number of benzene rings is 2. The molecule has 7 nitrogen and oxygen atoms in total. The molecule has 2 aromatic rings. The van der Waals surface area contributed by atoms with Gasteiger partial charge in [0.05, 0.1) is 19.2 Å². The second-order valence-electron chi connectivity index (χ2n) is 6.83. The molecule has 0 saturated carbocycles. The summed E-state index contributed by atoms with van der Waals surface area (Å²) in [6.07, 6.45) is 0. The lowest BCUT2D eigenvalue weighted by molar-refractivity contribution is -0.136. The molecule has 0 aliphatic heterocycles. The number of para-hydroxylation sites is 1. The first-order valence-corrected chi connectivity index (χ1v) is 9.14. The van der Waals surface area contributed by atoms with Crippen LogP contribution in [-0.4, -0.2) is 50.0 Å². The van der Waals surface area contributed by atoms with Crippen molar-refractivity contribution < 1.29 is 23.9 Å². The molecule has 0 bridgehead atoms. The maximum atomic E-state index is 12.3. The van der Waals surface area contributed by atoms with Gasteiger partial charge < -0.3 is 19.7 Å². The highest BCUT2D eigenvalue weighted by molar-refractivity contribution is 5.96. The zero-order valence-electron chi connectivity index (χ0n) is 17.4. The van der Waals surface area contributed by atoms with Crippen LogP contribution >= 0.6 is 0 Å². The quantitative estimate of drug-likeness (QED) is 0.725. The highest BCUT2D eigenvalue weighted by atomic mass is 16.5. The summed E-state index contributed by atoms with van der Waals surface area (Å²) in [5.41, 5.74) is 3.79. The van der Waals surface area contributed by atoms with Crippen LogP contribution in [0.2, 0.25) is 0 Å². The fourth-order valence-electron chi connectivity index (χ4n) is 2.76. The van der Waals surface area contributed by atoms with Crippen LogP contribution in [0.25, 0.3) is 0 Å². The van der Waals surface area contributed by atoms with Gasteiger partial charge in [-0.05, 0) is 49.6 Å². The van der Waals surface area contributed by atoms with E-state index in [1.807, 2.05) is 39.0 Å². The first-order valence-electron chi connectivity index (χ1n) is 9.14. The molecule has 0 unspecified atom stereocenters. The molecule has 154 valence electrons. The van der Waals surface area contributed by atoms with Gasteiger partial charge in [0, 0.05) is 12.7 Å². The molecule has 2 aromatic carbocycles. The Morgan fingerprint density at radius 3 is 2.28 bits per heavy atom. The summed E-state index contributed by atoms with van der Waals surface area (Å²) >= 11 is 0. The Hall–Kier alpha value is -3.35. The Kier molecular flexibility index (Phi) is 7.36. The van der Waals surface area contributed by atoms with Crippen LogP contribution < -0.4 is 10.1 Å². The zero-order chi connectivity index (χ0) is 21.6. The van der Waals surface area contributed by atoms with Crippen molar-refractivity contribution in [3.63, 3.8) is 0 Å². The number of rotatable bonds is 7. The number of hydrogen-bond donors (Lipinski definition) is 1. The maximum absolute atomic E-state index is 12.3. The van der Waals surface area contributed by atoms with E-state index in [2.05, 4.69) is 5.32 Å². The minimum atomic E-state index is -0.634. The summed E-state index contributed by atoms with van der Waals surface area (Å²) in [6, 6.07) is 10.6. The maximum Gasteiger partial charge on any atom is 0.338 e. The SMILES string of the molecule is COc1cc(C(=O)OCC(=O)N(C)CC(=O)Nc2c(C)cccc2C)ccc1C. The molecule has 29 heavy (non-hydrogen) atoms. The van der Waals surface area contributed by atoms with Crippen LogP contribution in [-0.2, 0) is 14.3 Å². The largest absolute Gasteiger partial charge is 0.496 e. The smallest absolute Gasteiger partial charge is 0.338 e. The summed E-state index contributed by atoms with van der Waals surface area (Å²) in [4.78, 5) is 37.9. The van der Waals surface area contributed by atoms with Gasteiger partial charge in [-0.2, -0.15) is 0 Å². The standard InChI is InChI=1S/C22H26N2O5/c1-14-9-10-17(11-18(14)28-5)22(27)29-13-20(26)24(4)12-19(25)23-21-15(2)7-6-8-16(21)3/h6-11H,12-13H2,1-5H3,(H,23,25). The monoisotopic (exact) mass is 398 g/mol. The Morgan fingerprint density at radius 1 is 1.00 bits per heavy atom. The van der Waals surface area contributed by atoms with E-state index in [-0.39, 0.29) is 18.0 Å². The summed E-state index contributed by atoms with van der Waals surface area (Å²) < 4.78 is 10.3. The molecule has 2 amide bonds. The van der Waals surface area contributed by atoms with Crippen molar-refractivity contribution in [2.24, 2.45) is 0 Å². The van der Waals surface area contributed by atoms with Crippen molar-refractivity contribution in [3.8, 4) is 5.75 Å². The molecule has 0 fully saturated rings. The van der Waals surface area contributed by atoms with E-state index >= 15 is 0 Å². The Morgan fingerprint density at radius 2 is 1.66 bits per heavy atom. The van der Waals surface area contributed by atoms with Crippen LogP contribution in [0.5, 0.6) is 5.75 Å². The molecular weight excluding hydrogens is 372 g/mol. The Labute approximate surface area is 170 Å². The number of amides is 2. The summed E-state index contributed by atoms with van der Waals surface area (Å²) in [7, 11) is 2.99. The van der Waals surface area contributed by atoms with E-state index in [1.54, 1.807) is 18.2 Å². The third-order valence-corrected chi connectivity index (χ3v) is 4.52. The van der Waals surface area contributed by atoms with E-state index in [9.17, 15) is 14.4 Å². The van der Waals surface area contributed by atoms with E-state index in [1.165, 1.54) is 19.1 Å². The van der Waals surface area contributed by atoms with Crippen molar-refractivity contribution >= 4 is 23.5 Å². The van der Waals surface area contributed by atoms with Gasteiger partial charge in [0.15, 0.2) is 6.61 Å². The van der Waals surface area contributed by atoms with Crippen LogP contribution in [0.4, 0.5) is 5.69 Å². The van der Waals surface area contributed by atoms with Crippen LogP contribution in [0.1, 0.15) is 27.0 Å². The van der Waals surface area contributed by atoms with Gasteiger partial charge in [-0.15, -0.1) is 0 Å². The fourth-order valence-corrected chi connectivity index (χ4v) is 2.76. The highest BCUT2D eigenvalue weighted by Crippen LogP contribution is 2.20. The number of carbonyl (C=O) groups excluding carboxylic acids is 3. The third kappa shape index (κ3) is 5.81. The van der Waals surface area contributed by atoms with Crippen molar-refractivity contribution in [2.45, 2.75) is 20.8 Å². The molecular formula is C22H26N2O5. The van der Waals surface area contributed by atoms with Crippen LogP contribution in [0, 0.1) is 20.8 Å². The second kappa shape index (κ2) is 9.73. The number of aryl methyl sites for hydroxylation is 3. The average molecular weight is 398 g/mol. The van der Waals surface area contributed by atoms with Gasteiger partial charge in [-0.1, -0.05) is 24.3 Å². The number of ether oxygens (including phenoxy) is 2. The zero-order valence-corrected chi connectivity index (χ0v) is 17.4.